The Morgan fingerprint density at radius 2 is 2.00 bits per heavy atom. The fourth-order valence-corrected chi connectivity index (χ4v) is 3.38. The molecule has 2 aromatic rings. The molecule has 110 valence electrons. The van der Waals surface area contributed by atoms with Crippen LogP contribution in [0, 0.1) is 11.6 Å². The average Bonchev–Trinajstić information content (AvgIpc) is 2.91. The van der Waals surface area contributed by atoms with Crippen LogP contribution in [0.3, 0.4) is 0 Å². The molecule has 0 heterocycles. The van der Waals surface area contributed by atoms with E-state index in [1.165, 1.54) is 17.2 Å². The summed E-state index contributed by atoms with van der Waals surface area (Å²) in [5.74, 6) is -0.597. The third-order valence-corrected chi connectivity index (χ3v) is 4.49. The highest BCUT2D eigenvalue weighted by Crippen LogP contribution is 2.36. The molecule has 1 aliphatic carbocycles. The largest absolute Gasteiger partial charge is 0.316 e. The number of fused-ring (bicyclic) bond motifs is 1. The zero-order chi connectivity index (χ0) is 14.8. The summed E-state index contributed by atoms with van der Waals surface area (Å²) >= 11 is 0. The first kappa shape index (κ1) is 14.2. The van der Waals surface area contributed by atoms with Gasteiger partial charge in [0.1, 0.15) is 11.6 Å². The van der Waals surface area contributed by atoms with E-state index in [1.807, 2.05) is 7.05 Å². The van der Waals surface area contributed by atoms with Crippen LogP contribution in [0.1, 0.15) is 29.0 Å². The maximum atomic E-state index is 13.9. The third-order valence-electron chi connectivity index (χ3n) is 4.49. The zero-order valence-corrected chi connectivity index (χ0v) is 12.1. The minimum absolute atomic E-state index is 0.161. The molecule has 0 aliphatic heterocycles. The van der Waals surface area contributed by atoms with Crippen molar-refractivity contribution < 1.29 is 8.78 Å². The predicted octanol–water partition coefficient (Wildman–Crippen LogP) is 3.83. The van der Waals surface area contributed by atoms with Crippen molar-refractivity contribution in [1.82, 2.24) is 5.32 Å². The Morgan fingerprint density at radius 1 is 1.19 bits per heavy atom. The molecule has 1 nitrogen and oxygen atoms in total. The number of aryl methyl sites for hydroxylation is 1. The molecule has 0 aromatic heterocycles. The quantitative estimate of drug-likeness (QED) is 0.901. The summed E-state index contributed by atoms with van der Waals surface area (Å²) in [5.41, 5.74) is 3.32. The normalized spacial score (nSPS) is 18.5. The van der Waals surface area contributed by atoms with E-state index in [-0.39, 0.29) is 6.04 Å². The van der Waals surface area contributed by atoms with Crippen LogP contribution < -0.4 is 5.32 Å². The van der Waals surface area contributed by atoms with Crippen molar-refractivity contribution in [3.8, 4) is 0 Å². The van der Waals surface area contributed by atoms with Gasteiger partial charge in [-0.15, -0.1) is 0 Å². The summed E-state index contributed by atoms with van der Waals surface area (Å²) in [6.07, 6.45) is 2.72. The summed E-state index contributed by atoms with van der Waals surface area (Å²) in [6.45, 7) is 0. The second-order valence-electron chi connectivity index (χ2n) is 5.68. The summed E-state index contributed by atoms with van der Waals surface area (Å²) < 4.78 is 26.9. The number of hydrogen-bond acceptors (Lipinski definition) is 1. The van der Waals surface area contributed by atoms with Crippen LogP contribution in [0.25, 0.3) is 0 Å². The first-order valence-electron chi connectivity index (χ1n) is 7.38. The van der Waals surface area contributed by atoms with Gasteiger partial charge in [0.05, 0.1) is 0 Å². The molecule has 0 spiro atoms. The highest BCUT2D eigenvalue weighted by molar-refractivity contribution is 5.36. The maximum Gasteiger partial charge on any atom is 0.129 e. The minimum Gasteiger partial charge on any atom is -0.316 e. The van der Waals surface area contributed by atoms with E-state index in [2.05, 4.69) is 29.6 Å². The van der Waals surface area contributed by atoms with Gasteiger partial charge in [0, 0.05) is 18.0 Å². The molecule has 3 rings (SSSR count). The molecule has 3 heteroatoms. The lowest BCUT2D eigenvalue weighted by atomic mass is 9.89. The van der Waals surface area contributed by atoms with Gasteiger partial charge in [-0.25, -0.2) is 8.78 Å². The molecule has 21 heavy (non-hydrogen) atoms. The summed E-state index contributed by atoms with van der Waals surface area (Å²) in [5, 5.41) is 3.31. The number of hydrogen-bond donors (Lipinski definition) is 1. The highest BCUT2D eigenvalue weighted by Gasteiger charge is 2.29. The van der Waals surface area contributed by atoms with Crippen molar-refractivity contribution in [3.63, 3.8) is 0 Å². The second-order valence-corrected chi connectivity index (χ2v) is 5.68. The Hall–Kier alpha value is -1.74. The van der Waals surface area contributed by atoms with E-state index >= 15 is 0 Å². The van der Waals surface area contributed by atoms with Gasteiger partial charge in [-0.05, 0) is 49.1 Å². The summed E-state index contributed by atoms with van der Waals surface area (Å²) in [7, 11) is 1.91. The number of rotatable bonds is 4. The molecule has 0 radical (unpaired) electrons. The molecule has 0 fully saturated rings. The summed E-state index contributed by atoms with van der Waals surface area (Å²) in [4.78, 5) is 0. The lowest BCUT2D eigenvalue weighted by Gasteiger charge is -2.24. The zero-order valence-electron chi connectivity index (χ0n) is 12.1. The van der Waals surface area contributed by atoms with Crippen LogP contribution in [-0.4, -0.2) is 13.1 Å². The van der Waals surface area contributed by atoms with Crippen molar-refractivity contribution in [2.45, 2.75) is 31.2 Å². The highest BCUT2D eigenvalue weighted by atomic mass is 19.1. The molecule has 2 atom stereocenters. The SMILES string of the molecule is CNC(Cc1ccc(F)cc1F)C1CCc2ccccc21. The van der Waals surface area contributed by atoms with Gasteiger partial charge in [-0.1, -0.05) is 30.3 Å². The molecular formula is C18H19F2N. The predicted molar refractivity (Wildman–Crippen MR) is 80.4 cm³/mol. The number of likely N-dealkylation sites (N-methyl/N-ethyl adjacent to an activating group) is 1. The molecule has 0 saturated carbocycles. The van der Waals surface area contributed by atoms with E-state index in [0.29, 0.717) is 17.9 Å². The smallest absolute Gasteiger partial charge is 0.129 e. The van der Waals surface area contributed by atoms with E-state index in [0.717, 1.165) is 18.9 Å². The van der Waals surface area contributed by atoms with Crippen molar-refractivity contribution in [2.24, 2.45) is 0 Å². The van der Waals surface area contributed by atoms with Gasteiger partial charge in [0.15, 0.2) is 0 Å². The van der Waals surface area contributed by atoms with Crippen LogP contribution in [0.5, 0.6) is 0 Å². The third kappa shape index (κ3) is 2.84. The van der Waals surface area contributed by atoms with Crippen LogP contribution in [0.4, 0.5) is 8.78 Å². The van der Waals surface area contributed by atoms with Crippen LogP contribution in [-0.2, 0) is 12.8 Å². The molecular weight excluding hydrogens is 268 g/mol. The number of halogens is 2. The molecule has 0 bridgehead atoms. The fraction of sp³-hybridized carbons (Fsp3) is 0.333. The van der Waals surface area contributed by atoms with E-state index in [4.69, 9.17) is 0 Å². The van der Waals surface area contributed by atoms with Crippen LogP contribution in [0.15, 0.2) is 42.5 Å². The number of nitrogens with one attached hydrogen (secondary N) is 1. The molecule has 0 saturated heterocycles. The second kappa shape index (κ2) is 5.94. The van der Waals surface area contributed by atoms with Crippen LogP contribution in [0.2, 0.25) is 0 Å². The van der Waals surface area contributed by atoms with Gasteiger partial charge in [-0.2, -0.15) is 0 Å². The Bertz CT molecular complexity index is 639. The fourth-order valence-electron chi connectivity index (χ4n) is 3.38. The number of benzene rings is 2. The van der Waals surface area contributed by atoms with E-state index in [9.17, 15) is 8.78 Å². The maximum absolute atomic E-state index is 13.9. The first-order valence-corrected chi connectivity index (χ1v) is 7.38. The Labute approximate surface area is 124 Å². The Kier molecular flexibility index (Phi) is 4.02. The average molecular weight is 287 g/mol. The lowest BCUT2D eigenvalue weighted by molar-refractivity contribution is 0.447. The van der Waals surface area contributed by atoms with E-state index < -0.39 is 11.6 Å². The van der Waals surface area contributed by atoms with Crippen molar-refractivity contribution >= 4 is 0 Å². The lowest BCUT2D eigenvalue weighted by Crippen LogP contribution is -2.33. The molecule has 1 N–H and O–H groups in total. The molecule has 1 aliphatic rings. The van der Waals surface area contributed by atoms with Gasteiger partial charge >= 0.3 is 0 Å². The monoisotopic (exact) mass is 287 g/mol. The molecule has 0 amide bonds. The standard InChI is InChI=1S/C18H19F2N/c1-21-18(10-13-6-8-14(19)11-17(13)20)16-9-7-12-4-2-3-5-15(12)16/h2-6,8,11,16,18,21H,7,9-10H2,1H3. The van der Waals surface area contributed by atoms with Gasteiger partial charge in [0.2, 0.25) is 0 Å². The van der Waals surface area contributed by atoms with E-state index in [1.54, 1.807) is 6.07 Å². The minimum atomic E-state index is -0.525. The van der Waals surface area contributed by atoms with Crippen molar-refractivity contribution in [2.75, 3.05) is 7.05 Å². The molecule has 2 unspecified atom stereocenters. The first-order chi connectivity index (χ1) is 10.2. The van der Waals surface area contributed by atoms with Crippen molar-refractivity contribution in [3.05, 3.63) is 70.8 Å². The topological polar surface area (TPSA) is 12.0 Å². The molecule has 2 aromatic carbocycles. The Morgan fingerprint density at radius 3 is 2.76 bits per heavy atom. The summed E-state index contributed by atoms with van der Waals surface area (Å²) in [6, 6.07) is 12.5. The Balaban J connectivity index is 1.83. The van der Waals surface area contributed by atoms with Crippen LogP contribution >= 0.6 is 0 Å². The van der Waals surface area contributed by atoms with Gasteiger partial charge in [0.25, 0.3) is 0 Å². The van der Waals surface area contributed by atoms with Gasteiger partial charge < -0.3 is 5.32 Å². The van der Waals surface area contributed by atoms with Gasteiger partial charge in [-0.3, -0.25) is 0 Å². The van der Waals surface area contributed by atoms with Crippen molar-refractivity contribution in [1.29, 1.82) is 0 Å².